The van der Waals surface area contributed by atoms with E-state index in [4.69, 9.17) is 4.74 Å². The molecule has 0 spiro atoms. The number of amides is 1. The van der Waals surface area contributed by atoms with Crippen LogP contribution in [-0.4, -0.2) is 30.3 Å². The number of nitrogens with one attached hydrogen (secondary N) is 1. The summed E-state index contributed by atoms with van der Waals surface area (Å²) in [4.78, 5) is 37.2. The molecule has 6 heteroatoms. The molecule has 0 aliphatic carbocycles. The Morgan fingerprint density at radius 3 is 2.37 bits per heavy atom. The first-order valence-electron chi connectivity index (χ1n) is 9.59. The maximum atomic E-state index is 12.5. The summed E-state index contributed by atoms with van der Waals surface area (Å²) in [6.45, 7) is 2.99. The van der Waals surface area contributed by atoms with Crippen molar-refractivity contribution in [3.8, 4) is 11.1 Å². The van der Waals surface area contributed by atoms with Gasteiger partial charge in [-0.25, -0.2) is 4.79 Å². The van der Waals surface area contributed by atoms with Gasteiger partial charge in [0.15, 0.2) is 12.4 Å². The van der Waals surface area contributed by atoms with Gasteiger partial charge < -0.3 is 10.1 Å². The van der Waals surface area contributed by atoms with Gasteiger partial charge in [0.05, 0.1) is 6.04 Å². The lowest BCUT2D eigenvalue weighted by Crippen LogP contribution is -2.43. The molecular formula is C24H23NO4S. The van der Waals surface area contributed by atoms with Gasteiger partial charge in [-0.3, -0.25) is 9.59 Å². The normalized spacial score (nSPS) is 11.5. The molecule has 0 unspecified atom stereocenters. The number of ether oxygens (including phenoxy) is 1. The highest BCUT2D eigenvalue weighted by Gasteiger charge is 2.20. The third kappa shape index (κ3) is 5.64. The Morgan fingerprint density at radius 1 is 1.00 bits per heavy atom. The first-order chi connectivity index (χ1) is 14.4. The molecule has 1 heterocycles. The zero-order chi connectivity index (χ0) is 21.5. The Balaban J connectivity index is 1.59. The molecule has 3 aromatic rings. The fourth-order valence-electron chi connectivity index (χ4n) is 3.01. The molecule has 0 aliphatic heterocycles. The largest absolute Gasteiger partial charge is 0.451 e. The minimum absolute atomic E-state index is 0.154. The van der Waals surface area contributed by atoms with E-state index in [1.165, 1.54) is 18.3 Å². The lowest BCUT2D eigenvalue weighted by Gasteiger charge is -2.16. The predicted molar refractivity (Wildman–Crippen MR) is 118 cm³/mol. The van der Waals surface area contributed by atoms with Gasteiger partial charge in [-0.05, 0) is 42.8 Å². The van der Waals surface area contributed by atoms with E-state index in [-0.39, 0.29) is 5.78 Å². The number of thiophene rings is 1. The molecule has 0 fully saturated rings. The third-order valence-electron chi connectivity index (χ3n) is 4.66. The number of benzene rings is 2. The molecule has 0 bridgehead atoms. The summed E-state index contributed by atoms with van der Waals surface area (Å²) in [6.07, 6.45) is 0.387. The molecule has 0 aliphatic rings. The average molecular weight is 422 g/mol. The highest BCUT2D eigenvalue weighted by molar-refractivity contribution is 7.12. The summed E-state index contributed by atoms with van der Waals surface area (Å²) >= 11 is 1.27. The molecule has 5 nitrogen and oxygen atoms in total. The van der Waals surface area contributed by atoms with Crippen molar-refractivity contribution in [1.29, 1.82) is 0 Å². The smallest absolute Gasteiger partial charge is 0.349 e. The van der Waals surface area contributed by atoms with Crippen LogP contribution in [0.2, 0.25) is 0 Å². The van der Waals surface area contributed by atoms with E-state index >= 15 is 0 Å². The van der Waals surface area contributed by atoms with Gasteiger partial charge in [-0.1, -0.05) is 60.2 Å². The van der Waals surface area contributed by atoms with E-state index in [2.05, 4.69) is 5.32 Å². The maximum absolute atomic E-state index is 12.5. The number of ketones is 1. The molecule has 1 N–H and O–H groups in total. The van der Waals surface area contributed by atoms with Crippen molar-refractivity contribution in [2.24, 2.45) is 0 Å². The molecule has 3 rings (SSSR count). The number of hydrogen-bond donors (Lipinski definition) is 1. The fourth-order valence-corrected chi connectivity index (χ4v) is 3.81. The number of carbonyl (C=O) groups excluding carboxylic acids is 3. The molecule has 0 radical (unpaired) electrons. The first-order valence-corrected chi connectivity index (χ1v) is 10.5. The van der Waals surface area contributed by atoms with Gasteiger partial charge in [0.1, 0.15) is 4.88 Å². The van der Waals surface area contributed by atoms with E-state index in [1.54, 1.807) is 0 Å². The maximum Gasteiger partial charge on any atom is 0.349 e. The van der Waals surface area contributed by atoms with Crippen molar-refractivity contribution in [3.05, 3.63) is 82.0 Å². The van der Waals surface area contributed by atoms with Crippen molar-refractivity contribution in [2.75, 3.05) is 6.61 Å². The van der Waals surface area contributed by atoms with Crippen LogP contribution < -0.4 is 5.32 Å². The molecule has 1 amide bonds. The minimum atomic E-state index is -0.663. The molecule has 0 saturated carbocycles. The lowest BCUT2D eigenvalue weighted by molar-refractivity contribution is -0.128. The van der Waals surface area contributed by atoms with Gasteiger partial charge in [-0.2, -0.15) is 0 Å². The van der Waals surface area contributed by atoms with Crippen molar-refractivity contribution in [3.63, 3.8) is 0 Å². The van der Waals surface area contributed by atoms with Gasteiger partial charge >= 0.3 is 5.97 Å². The van der Waals surface area contributed by atoms with E-state index in [9.17, 15) is 14.4 Å². The number of esters is 1. The summed E-state index contributed by atoms with van der Waals surface area (Å²) in [5, 5.41) is 4.47. The summed E-state index contributed by atoms with van der Waals surface area (Å²) in [5.41, 5.74) is 3.76. The van der Waals surface area contributed by atoms with Crippen molar-refractivity contribution >= 4 is 29.0 Å². The predicted octanol–water partition coefficient (Wildman–Crippen LogP) is 4.20. The van der Waals surface area contributed by atoms with Crippen LogP contribution in [-0.2, 0) is 20.7 Å². The zero-order valence-corrected chi connectivity index (χ0v) is 17.7. The topological polar surface area (TPSA) is 72.5 Å². The van der Waals surface area contributed by atoms with Crippen molar-refractivity contribution in [2.45, 2.75) is 26.3 Å². The summed E-state index contributed by atoms with van der Waals surface area (Å²) in [6, 6.07) is 18.5. The summed E-state index contributed by atoms with van der Waals surface area (Å²) < 4.78 is 5.21. The second-order valence-corrected chi connectivity index (χ2v) is 7.94. The Hall–Kier alpha value is -3.25. The zero-order valence-electron chi connectivity index (χ0n) is 16.9. The van der Waals surface area contributed by atoms with Crippen LogP contribution in [0.3, 0.4) is 0 Å². The Bertz CT molecular complexity index is 1020. The quantitative estimate of drug-likeness (QED) is 0.554. The second-order valence-electron chi connectivity index (χ2n) is 7.03. The first kappa shape index (κ1) is 21.5. The second kappa shape index (κ2) is 9.98. The van der Waals surface area contributed by atoms with Crippen molar-refractivity contribution in [1.82, 2.24) is 5.32 Å². The van der Waals surface area contributed by atoms with Crippen LogP contribution in [0.5, 0.6) is 0 Å². The minimum Gasteiger partial charge on any atom is -0.451 e. The van der Waals surface area contributed by atoms with Gasteiger partial charge in [0, 0.05) is 5.56 Å². The number of rotatable bonds is 8. The van der Waals surface area contributed by atoms with E-state index in [1.807, 2.05) is 73.0 Å². The van der Waals surface area contributed by atoms with Crippen LogP contribution in [0.1, 0.15) is 27.7 Å². The van der Waals surface area contributed by atoms with Crippen molar-refractivity contribution < 1.29 is 19.1 Å². The van der Waals surface area contributed by atoms with E-state index < -0.39 is 24.5 Å². The van der Waals surface area contributed by atoms with Gasteiger partial charge in [0.2, 0.25) is 0 Å². The van der Waals surface area contributed by atoms with E-state index in [0.29, 0.717) is 11.3 Å². The molecule has 2 aromatic carbocycles. The van der Waals surface area contributed by atoms with E-state index in [0.717, 1.165) is 22.3 Å². The van der Waals surface area contributed by atoms with Crippen LogP contribution in [0, 0.1) is 6.92 Å². The molecule has 1 atom stereocenters. The standard InChI is InChI=1S/C24H23NO4S/c1-16-8-10-19(11-9-16)20-12-13-30-23(20)24(28)29-15-22(27)25-21(17(2)26)14-18-6-4-3-5-7-18/h3-13,21H,14-15H2,1-2H3,(H,25,27)/t21-/m0/s1. The third-order valence-corrected chi connectivity index (χ3v) is 5.55. The van der Waals surface area contributed by atoms with Gasteiger partial charge in [0.25, 0.3) is 5.91 Å². The molecule has 1 aromatic heterocycles. The Morgan fingerprint density at radius 2 is 1.70 bits per heavy atom. The van der Waals surface area contributed by atoms with Crippen LogP contribution >= 0.6 is 11.3 Å². The Labute approximate surface area is 179 Å². The fraction of sp³-hybridized carbons (Fsp3) is 0.208. The van der Waals surface area contributed by atoms with Gasteiger partial charge in [-0.15, -0.1) is 11.3 Å². The number of carbonyl (C=O) groups is 3. The molecule has 0 saturated heterocycles. The number of aryl methyl sites for hydroxylation is 1. The van der Waals surface area contributed by atoms with Crippen LogP contribution in [0.15, 0.2) is 66.0 Å². The Kier molecular flexibility index (Phi) is 7.14. The highest BCUT2D eigenvalue weighted by Crippen LogP contribution is 2.29. The molecule has 154 valence electrons. The lowest BCUT2D eigenvalue weighted by atomic mass is 10.0. The summed E-state index contributed by atoms with van der Waals surface area (Å²) in [5.74, 6) is -1.22. The van der Waals surface area contributed by atoms with Crippen LogP contribution in [0.25, 0.3) is 11.1 Å². The summed E-state index contributed by atoms with van der Waals surface area (Å²) in [7, 11) is 0. The number of hydrogen-bond acceptors (Lipinski definition) is 5. The molecule has 30 heavy (non-hydrogen) atoms. The van der Waals surface area contributed by atoms with Crippen LogP contribution in [0.4, 0.5) is 0 Å². The highest BCUT2D eigenvalue weighted by atomic mass is 32.1. The molecular weight excluding hydrogens is 398 g/mol. The average Bonchev–Trinajstić information content (AvgIpc) is 3.23. The monoisotopic (exact) mass is 421 g/mol. The SMILES string of the molecule is CC(=O)[C@H](Cc1ccccc1)NC(=O)COC(=O)c1sccc1-c1ccc(C)cc1. The number of Topliss-reactive ketones (excluding diaryl/α,β-unsaturated/α-hetero) is 1.